The highest BCUT2D eigenvalue weighted by atomic mass is 15.0. The van der Waals surface area contributed by atoms with Crippen LogP contribution in [0.4, 0.5) is 5.69 Å². The van der Waals surface area contributed by atoms with Crippen LogP contribution >= 0.6 is 0 Å². The molecular formula is C16H23N3. The molecule has 2 rings (SSSR count). The van der Waals surface area contributed by atoms with Crippen LogP contribution in [0, 0.1) is 0 Å². The van der Waals surface area contributed by atoms with Gasteiger partial charge in [0.1, 0.15) is 0 Å². The lowest BCUT2D eigenvalue weighted by atomic mass is 10.1. The number of hydrogen-bond donors (Lipinski definition) is 1. The van der Waals surface area contributed by atoms with Crippen molar-refractivity contribution in [2.24, 2.45) is 7.05 Å². The van der Waals surface area contributed by atoms with Crippen LogP contribution in [0.5, 0.6) is 0 Å². The first kappa shape index (κ1) is 13.7. The molecule has 0 aliphatic rings. The Kier molecular flexibility index (Phi) is 5.01. The van der Waals surface area contributed by atoms with Gasteiger partial charge in [-0.15, -0.1) is 0 Å². The highest BCUT2D eigenvalue weighted by Crippen LogP contribution is 2.13. The number of nitrogens with one attached hydrogen (secondary N) is 1. The Morgan fingerprint density at radius 2 is 1.95 bits per heavy atom. The van der Waals surface area contributed by atoms with Crippen molar-refractivity contribution >= 4 is 5.69 Å². The van der Waals surface area contributed by atoms with E-state index in [1.807, 2.05) is 24.1 Å². The van der Waals surface area contributed by atoms with E-state index in [0.29, 0.717) is 0 Å². The number of rotatable bonds is 7. The lowest BCUT2D eigenvalue weighted by Crippen LogP contribution is -2.03. The summed E-state index contributed by atoms with van der Waals surface area (Å²) in [5.74, 6) is 0. The molecule has 2 aromatic rings. The predicted octanol–water partition coefficient (Wildman–Crippen LogP) is 3.76. The predicted molar refractivity (Wildman–Crippen MR) is 80.2 cm³/mol. The van der Waals surface area contributed by atoms with Crippen LogP contribution in [0.3, 0.4) is 0 Å². The molecule has 0 saturated carbocycles. The summed E-state index contributed by atoms with van der Waals surface area (Å²) in [6.45, 7) is 3.05. The van der Waals surface area contributed by atoms with Crippen molar-refractivity contribution in [1.29, 1.82) is 0 Å². The van der Waals surface area contributed by atoms with E-state index in [1.54, 1.807) is 0 Å². The molecule has 0 atom stereocenters. The van der Waals surface area contributed by atoms with Crippen LogP contribution in [0.15, 0.2) is 36.8 Å². The van der Waals surface area contributed by atoms with Crippen molar-refractivity contribution in [2.75, 3.05) is 5.32 Å². The Balaban J connectivity index is 1.83. The van der Waals surface area contributed by atoms with E-state index in [1.165, 1.54) is 42.6 Å². The SMILES string of the molecule is CCCCCc1ccc(NCc2cncn2C)cc1. The number of imidazole rings is 1. The van der Waals surface area contributed by atoms with Gasteiger partial charge in [0.2, 0.25) is 0 Å². The number of anilines is 1. The number of unbranched alkanes of at least 4 members (excludes halogenated alkanes) is 2. The van der Waals surface area contributed by atoms with Crippen molar-refractivity contribution in [3.05, 3.63) is 48.0 Å². The molecule has 0 aliphatic carbocycles. The van der Waals surface area contributed by atoms with Gasteiger partial charge >= 0.3 is 0 Å². The van der Waals surface area contributed by atoms with Crippen LogP contribution in [-0.4, -0.2) is 9.55 Å². The van der Waals surface area contributed by atoms with E-state index < -0.39 is 0 Å². The zero-order valence-electron chi connectivity index (χ0n) is 11.9. The first-order valence-corrected chi connectivity index (χ1v) is 7.07. The van der Waals surface area contributed by atoms with Crippen molar-refractivity contribution in [2.45, 2.75) is 39.2 Å². The monoisotopic (exact) mass is 257 g/mol. The summed E-state index contributed by atoms with van der Waals surface area (Å²) >= 11 is 0. The third-order valence-electron chi connectivity index (χ3n) is 3.41. The molecule has 0 fully saturated rings. The van der Waals surface area contributed by atoms with E-state index in [4.69, 9.17) is 0 Å². The number of hydrogen-bond acceptors (Lipinski definition) is 2. The van der Waals surface area contributed by atoms with Gasteiger partial charge in [0.25, 0.3) is 0 Å². The summed E-state index contributed by atoms with van der Waals surface area (Å²) in [4.78, 5) is 4.11. The summed E-state index contributed by atoms with van der Waals surface area (Å²) in [5.41, 5.74) is 3.78. The zero-order valence-corrected chi connectivity index (χ0v) is 11.9. The Hall–Kier alpha value is -1.77. The van der Waals surface area contributed by atoms with E-state index in [0.717, 1.165) is 6.54 Å². The average Bonchev–Trinajstić information content (AvgIpc) is 2.84. The van der Waals surface area contributed by atoms with Crippen LogP contribution in [-0.2, 0) is 20.0 Å². The van der Waals surface area contributed by atoms with Crippen LogP contribution in [0.1, 0.15) is 37.4 Å². The van der Waals surface area contributed by atoms with E-state index in [2.05, 4.69) is 41.5 Å². The van der Waals surface area contributed by atoms with Gasteiger partial charge in [0.05, 0.1) is 18.6 Å². The second-order valence-corrected chi connectivity index (χ2v) is 5.00. The lowest BCUT2D eigenvalue weighted by molar-refractivity contribution is 0.717. The largest absolute Gasteiger partial charge is 0.379 e. The van der Waals surface area contributed by atoms with E-state index in [9.17, 15) is 0 Å². The van der Waals surface area contributed by atoms with Gasteiger partial charge in [0, 0.05) is 18.9 Å². The average molecular weight is 257 g/mol. The van der Waals surface area contributed by atoms with Crippen molar-refractivity contribution in [3.63, 3.8) is 0 Å². The van der Waals surface area contributed by atoms with Crippen molar-refractivity contribution < 1.29 is 0 Å². The molecular weight excluding hydrogens is 234 g/mol. The Morgan fingerprint density at radius 1 is 1.16 bits per heavy atom. The van der Waals surface area contributed by atoms with Gasteiger partial charge < -0.3 is 9.88 Å². The molecule has 0 bridgehead atoms. The fourth-order valence-corrected chi connectivity index (χ4v) is 2.12. The number of aryl methyl sites for hydroxylation is 2. The highest BCUT2D eigenvalue weighted by Gasteiger charge is 1.99. The molecule has 0 radical (unpaired) electrons. The summed E-state index contributed by atoms with van der Waals surface area (Å²) in [5, 5.41) is 3.42. The zero-order chi connectivity index (χ0) is 13.5. The van der Waals surface area contributed by atoms with Gasteiger partial charge in [-0.2, -0.15) is 0 Å². The lowest BCUT2D eigenvalue weighted by Gasteiger charge is -2.08. The summed E-state index contributed by atoms with van der Waals surface area (Å²) in [6.07, 6.45) is 8.80. The smallest absolute Gasteiger partial charge is 0.0946 e. The minimum absolute atomic E-state index is 0.811. The number of benzene rings is 1. The molecule has 1 N–H and O–H groups in total. The fraction of sp³-hybridized carbons (Fsp3) is 0.438. The molecule has 3 nitrogen and oxygen atoms in total. The van der Waals surface area contributed by atoms with Crippen LogP contribution < -0.4 is 5.32 Å². The van der Waals surface area contributed by atoms with Crippen molar-refractivity contribution in [1.82, 2.24) is 9.55 Å². The van der Waals surface area contributed by atoms with Crippen molar-refractivity contribution in [3.8, 4) is 0 Å². The van der Waals surface area contributed by atoms with Gasteiger partial charge in [-0.1, -0.05) is 31.9 Å². The quantitative estimate of drug-likeness (QED) is 0.765. The summed E-state index contributed by atoms with van der Waals surface area (Å²) in [7, 11) is 2.01. The maximum absolute atomic E-state index is 4.11. The summed E-state index contributed by atoms with van der Waals surface area (Å²) in [6, 6.07) is 8.78. The standard InChI is InChI=1S/C16H23N3/c1-3-4-5-6-14-7-9-15(10-8-14)18-12-16-11-17-13-19(16)2/h7-11,13,18H,3-6,12H2,1-2H3. The van der Waals surface area contributed by atoms with Gasteiger partial charge in [-0.05, 0) is 30.5 Å². The number of nitrogens with zero attached hydrogens (tertiary/aromatic N) is 2. The number of aromatic nitrogens is 2. The molecule has 1 aromatic heterocycles. The van der Waals surface area contributed by atoms with Crippen LogP contribution in [0.2, 0.25) is 0 Å². The molecule has 0 unspecified atom stereocenters. The third kappa shape index (κ3) is 4.12. The normalized spacial score (nSPS) is 10.6. The molecule has 102 valence electrons. The fourth-order valence-electron chi connectivity index (χ4n) is 2.12. The Labute approximate surface area is 115 Å². The van der Waals surface area contributed by atoms with Gasteiger partial charge in [-0.3, -0.25) is 0 Å². The molecule has 1 heterocycles. The molecule has 19 heavy (non-hydrogen) atoms. The molecule has 0 saturated heterocycles. The maximum atomic E-state index is 4.11. The Bertz CT molecular complexity index is 485. The molecule has 0 aliphatic heterocycles. The molecule has 0 spiro atoms. The molecule has 0 amide bonds. The topological polar surface area (TPSA) is 29.9 Å². The molecule has 3 heteroatoms. The first-order chi connectivity index (χ1) is 9.29. The van der Waals surface area contributed by atoms with Gasteiger partial charge in [0.15, 0.2) is 0 Å². The van der Waals surface area contributed by atoms with Gasteiger partial charge in [-0.25, -0.2) is 4.98 Å². The summed E-state index contributed by atoms with van der Waals surface area (Å²) < 4.78 is 2.03. The second kappa shape index (κ2) is 6.98. The van der Waals surface area contributed by atoms with Crippen LogP contribution in [0.25, 0.3) is 0 Å². The second-order valence-electron chi connectivity index (χ2n) is 5.00. The minimum Gasteiger partial charge on any atom is -0.379 e. The molecule has 1 aromatic carbocycles. The maximum Gasteiger partial charge on any atom is 0.0946 e. The highest BCUT2D eigenvalue weighted by molar-refractivity contribution is 5.44. The third-order valence-corrected chi connectivity index (χ3v) is 3.41. The first-order valence-electron chi connectivity index (χ1n) is 7.07. The van der Waals surface area contributed by atoms with E-state index >= 15 is 0 Å². The van der Waals surface area contributed by atoms with E-state index in [-0.39, 0.29) is 0 Å². The Morgan fingerprint density at radius 3 is 2.58 bits per heavy atom. The minimum atomic E-state index is 0.811.